The van der Waals surface area contributed by atoms with Crippen LogP contribution >= 0.6 is 0 Å². The lowest BCUT2D eigenvalue weighted by molar-refractivity contribution is -0.133. The summed E-state index contributed by atoms with van der Waals surface area (Å²) in [5.74, 6) is 1.55. The molecule has 3 aliphatic heterocycles. The van der Waals surface area contributed by atoms with E-state index in [1.165, 1.54) is 0 Å². The summed E-state index contributed by atoms with van der Waals surface area (Å²) < 4.78 is 25.2. The van der Waals surface area contributed by atoms with Crippen molar-refractivity contribution in [3.05, 3.63) is 27.9 Å². The van der Waals surface area contributed by atoms with Crippen LogP contribution in [0.25, 0.3) is 0 Å². The van der Waals surface area contributed by atoms with Crippen molar-refractivity contribution in [3.63, 3.8) is 0 Å². The SMILES string of the molecule is CN(CC(=O)N1CCC(c2cc(=O)n3c(n2)CCCCC3)CC1)C1CCS(=O)(=O)C1. The molecule has 9 heteroatoms. The number of nitrogens with zero attached hydrogens (tertiary/aromatic N) is 4. The summed E-state index contributed by atoms with van der Waals surface area (Å²) in [7, 11) is -1.12. The highest BCUT2D eigenvalue weighted by Gasteiger charge is 2.33. The van der Waals surface area contributed by atoms with Crippen LogP contribution in [0.4, 0.5) is 0 Å². The molecule has 8 nitrogen and oxygen atoms in total. The lowest BCUT2D eigenvalue weighted by atomic mass is 9.93. The monoisotopic (exact) mass is 436 g/mol. The molecule has 30 heavy (non-hydrogen) atoms. The Kier molecular flexibility index (Phi) is 6.29. The minimum absolute atomic E-state index is 0.0511. The first-order chi connectivity index (χ1) is 14.3. The Bertz CT molecular complexity index is 950. The Hall–Kier alpha value is -1.74. The van der Waals surface area contributed by atoms with Gasteiger partial charge in [0.1, 0.15) is 5.82 Å². The van der Waals surface area contributed by atoms with Gasteiger partial charge in [0, 0.05) is 44.1 Å². The zero-order chi connectivity index (χ0) is 21.3. The first-order valence-corrected chi connectivity index (χ1v) is 12.9. The van der Waals surface area contributed by atoms with Crippen molar-refractivity contribution in [1.82, 2.24) is 19.4 Å². The topological polar surface area (TPSA) is 92.6 Å². The molecule has 1 amide bonds. The van der Waals surface area contributed by atoms with Crippen molar-refractivity contribution < 1.29 is 13.2 Å². The Morgan fingerprint density at radius 3 is 2.63 bits per heavy atom. The molecule has 4 heterocycles. The third-order valence-corrected chi connectivity index (χ3v) is 8.62. The van der Waals surface area contributed by atoms with Crippen molar-refractivity contribution in [1.29, 1.82) is 0 Å². The number of hydrogen-bond acceptors (Lipinski definition) is 6. The number of fused-ring (bicyclic) bond motifs is 1. The van der Waals surface area contributed by atoms with Crippen molar-refractivity contribution in [2.45, 2.75) is 63.5 Å². The predicted molar refractivity (Wildman–Crippen MR) is 114 cm³/mol. The highest BCUT2D eigenvalue weighted by atomic mass is 32.2. The smallest absolute Gasteiger partial charge is 0.253 e. The second-order valence-electron chi connectivity index (χ2n) is 9.02. The fraction of sp³-hybridized carbons (Fsp3) is 0.762. The number of carbonyl (C=O) groups is 1. The van der Waals surface area contributed by atoms with Crippen LogP contribution < -0.4 is 5.56 Å². The average Bonchev–Trinajstić information content (AvgIpc) is 2.93. The highest BCUT2D eigenvalue weighted by molar-refractivity contribution is 7.91. The summed E-state index contributed by atoms with van der Waals surface area (Å²) >= 11 is 0. The summed E-state index contributed by atoms with van der Waals surface area (Å²) in [6, 6.07) is 1.64. The van der Waals surface area contributed by atoms with E-state index in [4.69, 9.17) is 4.98 Å². The number of likely N-dealkylation sites (tertiary alicyclic amines) is 1. The van der Waals surface area contributed by atoms with Gasteiger partial charge in [-0.2, -0.15) is 0 Å². The van der Waals surface area contributed by atoms with Gasteiger partial charge in [0.25, 0.3) is 5.56 Å². The van der Waals surface area contributed by atoms with Crippen LogP contribution in [-0.2, 0) is 27.6 Å². The zero-order valence-electron chi connectivity index (χ0n) is 17.8. The molecule has 0 aromatic carbocycles. The second kappa shape index (κ2) is 8.78. The number of amides is 1. The molecule has 1 aromatic rings. The maximum Gasteiger partial charge on any atom is 0.253 e. The van der Waals surface area contributed by atoms with E-state index in [1.807, 2.05) is 21.4 Å². The standard InChI is InChI=1S/C21H32N4O4S/c1-23(17-8-12-30(28,29)15-17)14-21(27)24-10-6-16(7-11-24)18-13-20(26)25-9-4-2-3-5-19(25)22-18/h13,16-17H,2-12,14-15H2,1H3. The van der Waals surface area contributed by atoms with Gasteiger partial charge in [-0.15, -0.1) is 0 Å². The van der Waals surface area contributed by atoms with E-state index in [0.717, 1.165) is 56.6 Å². The molecule has 2 fully saturated rings. The van der Waals surface area contributed by atoms with E-state index in [9.17, 15) is 18.0 Å². The number of aryl methyl sites for hydroxylation is 1. The van der Waals surface area contributed by atoms with E-state index in [1.54, 1.807) is 6.07 Å². The molecule has 1 atom stereocenters. The second-order valence-corrected chi connectivity index (χ2v) is 11.3. The number of hydrogen-bond donors (Lipinski definition) is 0. The number of piperidine rings is 1. The normalized spacial score (nSPS) is 24.6. The van der Waals surface area contributed by atoms with Crippen molar-refractivity contribution >= 4 is 15.7 Å². The summed E-state index contributed by atoms with van der Waals surface area (Å²) in [6.45, 7) is 2.33. The quantitative estimate of drug-likeness (QED) is 0.693. The van der Waals surface area contributed by atoms with Crippen LogP contribution in [0, 0.1) is 0 Å². The maximum atomic E-state index is 12.7. The average molecular weight is 437 g/mol. The van der Waals surface area contributed by atoms with Crippen LogP contribution in [0.2, 0.25) is 0 Å². The molecular formula is C21H32N4O4S. The van der Waals surface area contributed by atoms with Crippen LogP contribution in [0.5, 0.6) is 0 Å². The van der Waals surface area contributed by atoms with Crippen molar-refractivity contribution in [2.24, 2.45) is 0 Å². The van der Waals surface area contributed by atoms with E-state index in [0.29, 0.717) is 19.5 Å². The zero-order valence-corrected chi connectivity index (χ0v) is 18.6. The molecule has 2 saturated heterocycles. The number of rotatable bonds is 4. The molecular weight excluding hydrogens is 404 g/mol. The fourth-order valence-corrected chi connectivity index (χ4v) is 6.74. The highest BCUT2D eigenvalue weighted by Crippen LogP contribution is 2.27. The third kappa shape index (κ3) is 4.77. The van der Waals surface area contributed by atoms with Crippen LogP contribution in [0.1, 0.15) is 56.0 Å². The Labute approximate surface area is 178 Å². The molecule has 1 aromatic heterocycles. The third-order valence-electron chi connectivity index (χ3n) is 6.87. The van der Waals surface area contributed by atoms with Crippen LogP contribution in [0.15, 0.2) is 10.9 Å². The van der Waals surface area contributed by atoms with Crippen molar-refractivity contribution in [3.8, 4) is 0 Å². The van der Waals surface area contributed by atoms with Crippen LogP contribution in [0.3, 0.4) is 0 Å². The van der Waals surface area contributed by atoms with Gasteiger partial charge >= 0.3 is 0 Å². The molecule has 0 bridgehead atoms. The largest absolute Gasteiger partial charge is 0.342 e. The molecule has 0 radical (unpaired) electrons. The maximum absolute atomic E-state index is 12.7. The molecule has 1 unspecified atom stereocenters. The molecule has 0 N–H and O–H groups in total. The van der Waals surface area contributed by atoms with Gasteiger partial charge in [-0.05, 0) is 39.2 Å². The van der Waals surface area contributed by atoms with Gasteiger partial charge in [-0.3, -0.25) is 19.1 Å². The minimum Gasteiger partial charge on any atom is -0.342 e. The van der Waals surface area contributed by atoms with Gasteiger partial charge in [-0.1, -0.05) is 6.42 Å². The van der Waals surface area contributed by atoms with Gasteiger partial charge < -0.3 is 4.90 Å². The van der Waals surface area contributed by atoms with E-state index in [2.05, 4.69) is 0 Å². The predicted octanol–water partition coefficient (Wildman–Crippen LogP) is 0.795. The summed E-state index contributed by atoms with van der Waals surface area (Å²) in [6.07, 6.45) is 6.35. The summed E-state index contributed by atoms with van der Waals surface area (Å²) in [5, 5.41) is 0. The Balaban J connectivity index is 1.34. The Morgan fingerprint density at radius 2 is 1.93 bits per heavy atom. The fourth-order valence-electron chi connectivity index (χ4n) is 4.93. The number of carbonyl (C=O) groups excluding carboxylic acids is 1. The molecule has 3 aliphatic rings. The van der Waals surface area contributed by atoms with E-state index < -0.39 is 9.84 Å². The number of likely N-dealkylation sites (N-methyl/N-ethyl adjacent to an activating group) is 1. The van der Waals surface area contributed by atoms with E-state index in [-0.39, 0.29) is 41.5 Å². The van der Waals surface area contributed by atoms with Gasteiger partial charge in [0.2, 0.25) is 5.91 Å². The molecule has 166 valence electrons. The van der Waals surface area contributed by atoms with E-state index >= 15 is 0 Å². The van der Waals surface area contributed by atoms with Gasteiger partial charge in [-0.25, -0.2) is 13.4 Å². The molecule has 4 rings (SSSR count). The summed E-state index contributed by atoms with van der Waals surface area (Å²) in [5.41, 5.74) is 0.942. The molecule has 0 spiro atoms. The van der Waals surface area contributed by atoms with Crippen molar-refractivity contribution in [2.75, 3.05) is 38.2 Å². The van der Waals surface area contributed by atoms with Gasteiger partial charge in [0.05, 0.1) is 23.7 Å². The first kappa shape index (κ1) is 21.5. The van der Waals surface area contributed by atoms with Gasteiger partial charge in [0.15, 0.2) is 9.84 Å². The van der Waals surface area contributed by atoms with Crippen LogP contribution in [-0.4, -0.2) is 77.9 Å². The minimum atomic E-state index is -2.95. The first-order valence-electron chi connectivity index (χ1n) is 11.1. The Morgan fingerprint density at radius 1 is 1.17 bits per heavy atom. The molecule has 0 saturated carbocycles. The molecule has 0 aliphatic carbocycles. The lowest BCUT2D eigenvalue weighted by Gasteiger charge is -2.33. The number of sulfone groups is 1. The number of aromatic nitrogens is 2. The summed E-state index contributed by atoms with van der Waals surface area (Å²) in [4.78, 5) is 33.9. The lowest BCUT2D eigenvalue weighted by Crippen LogP contribution is -2.45.